The van der Waals surface area contributed by atoms with Gasteiger partial charge < -0.3 is 10.2 Å². The highest BCUT2D eigenvalue weighted by molar-refractivity contribution is 7.90. The summed E-state index contributed by atoms with van der Waals surface area (Å²) in [7, 11) is -2.16. The Kier molecular flexibility index (Phi) is 5.59. The number of nitrogens with one attached hydrogen (secondary N) is 1. The summed E-state index contributed by atoms with van der Waals surface area (Å²) in [6.07, 6.45) is -2.61. The summed E-state index contributed by atoms with van der Waals surface area (Å²) >= 11 is 0. The average molecular weight is 441 g/mol. The van der Waals surface area contributed by atoms with Gasteiger partial charge in [-0.3, -0.25) is 14.6 Å². The maximum atomic E-state index is 12.9. The van der Waals surface area contributed by atoms with Gasteiger partial charge in [0.2, 0.25) is 11.8 Å². The topological polar surface area (TPSA) is 96.4 Å². The molecule has 0 unspecified atom stereocenters. The fraction of sp³-hybridized carbons (Fsp3) is 0.316. The smallest absolute Gasteiger partial charge is 0.344 e. The molecule has 30 heavy (non-hydrogen) atoms. The molecular formula is C19H18F3N3O4S. The van der Waals surface area contributed by atoms with Crippen LogP contribution in [0.25, 0.3) is 0 Å². The van der Waals surface area contributed by atoms with E-state index < -0.39 is 45.4 Å². The molecule has 3 rings (SSSR count). The number of halogens is 3. The van der Waals surface area contributed by atoms with Crippen LogP contribution in [0.1, 0.15) is 17.2 Å². The van der Waals surface area contributed by atoms with Gasteiger partial charge in [0, 0.05) is 32.0 Å². The lowest BCUT2D eigenvalue weighted by Crippen LogP contribution is -2.33. The first-order valence-electron chi connectivity index (χ1n) is 8.77. The molecule has 1 fully saturated rings. The zero-order chi connectivity index (χ0) is 22.3. The fourth-order valence-electron chi connectivity index (χ4n) is 3.39. The Morgan fingerprint density at radius 3 is 2.43 bits per heavy atom. The first kappa shape index (κ1) is 21.8. The highest BCUT2D eigenvalue weighted by atomic mass is 32.2. The molecule has 0 radical (unpaired) electrons. The quantitative estimate of drug-likeness (QED) is 0.735. The number of rotatable bonds is 4. The van der Waals surface area contributed by atoms with Gasteiger partial charge in [0.1, 0.15) is 11.6 Å². The molecule has 1 saturated heterocycles. The van der Waals surface area contributed by atoms with Crippen LogP contribution in [0.15, 0.2) is 47.5 Å². The molecule has 0 saturated carbocycles. The summed E-state index contributed by atoms with van der Waals surface area (Å²) in [6, 6.07) is 7.74. The Morgan fingerprint density at radius 1 is 1.20 bits per heavy atom. The van der Waals surface area contributed by atoms with E-state index in [1.807, 2.05) is 0 Å². The number of likely N-dealkylation sites (N-methyl/N-ethyl adjacent to an activating group) is 1. The molecular weight excluding hydrogens is 423 g/mol. The minimum atomic E-state index is -4.60. The SMILES string of the molecule is CN1C[C@@H](c2ccc(C(F)(F)F)nc2)[C@H](C(=O)Nc2ccccc2S(C)(=O)=O)C1=O. The standard InChI is InChI=1S/C19H18F3N3O4S/c1-25-10-12(11-7-8-15(23-9-11)19(20,21)22)16(18(25)27)17(26)24-13-5-3-4-6-14(13)30(2,28)29/h3-9,12,16H,10H2,1-2H3,(H,24,26)/t12-,16+/m0/s1. The van der Waals surface area contributed by atoms with E-state index in [1.165, 1.54) is 42.3 Å². The predicted octanol–water partition coefficient (Wildman–Crippen LogP) is 2.31. The summed E-state index contributed by atoms with van der Waals surface area (Å²) < 4.78 is 62.2. The normalized spacial score (nSPS) is 19.8. The number of para-hydroxylation sites is 1. The van der Waals surface area contributed by atoms with E-state index in [4.69, 9.17) is 0 Å². The van der Waals surface area contributed by atoms with Crippen molar-refractivity contribution in [3.8, 4) is 0 Å². The second-order valence-electron chi connectivity index (χ2n) is 7.04. The van der Waals surface area contributed by atoms with Crippen LogP contribution in [0, 0.1) is 5.92 Å². The number of pyridine rings is 1. The number of hydrogen-bond acceptors (Lipinski definition) is 5. The van der Waals surface area contributed by atoms with Crippen LogP contribution in [0.4, 0.5) is 18.9 Å². The van der Waals surface area contributed by atoms with E-state index in [9.17, 15) is 31.2 Å². The molecule has 1 aromatic heterocycles. The van der Waals surface area contributed by atoms with Crippen molar-refractivity contribution in [2.75, 3.05) is 25.2 Å². The van der Waals surface area contributed by atoms with Gasteiger partial charge in [-0.05, 0) is 23.8 Å². The molecule has 0 aliphatic carbocycles. The molecule has 2 heterocycles. The van der Waals surface area contributed by atoms with Crippen molar-refractivity contribution in [2.45, 2.75) is 17.0 Å². The Balaban J connectivity index is 1.91. The molecule has 11 heteroatoms. The highest BCUT2D eigenvalue weighted by Gasteiger charge is 2.45. The number of carbonyl (C=O) groups excluding carboxylic acids is 2. The molecule has 0 bridgehead atoms. The second-order valence-corrected chi connectivity index (χ2v) is 9.02. The van der Waals surface area contributed by atoms with Gasteiger partial charge >= 0.3 is 6.18 Å². The first-order chi connectivity index (χ1) is 13.9. The molecule has 1 aliphatic rings. The number of nitrogens with zero attached hydrogens (tertiary/aromatic N) is 2. The van der Waals surface area contributed by atoms with Crippen molar-refractivity contribution in [2.24, 2.45) is 5.92 Å². The van der Waals surface area contributed by atoms with Gasteiger partial charge in [-0.15, -0.1) is 0 Å². The summed E-state index contributed by atoms with van der Waals surface area (Å²) in [5.74, 6) is -3.23. The largest absolute Gasteiger partial charge is 0.433 e. The van der Waals surface area contributed by atoms with Gasteiger partial charge in [-0.25, -0.2) is 8.42 Å². The third-order valence-electron chi connectivity index (χ3n) is 4.85. The Morgan fingerprint density at radius 2 is 1.87 bits per heavy atom. The lowest BCUT2D eigenvalue weighted by molar-refractivity contribution is -0.141. The Hall–Kier alpha value is -2.95. The second kappa shape index (κ2) is 7.71. The molecule has 1 N–H and O–H groups in total. The van der Waals surface area contributed by atoms with E-state index in [2.05, 4.69) is 10.3 Å². The van der Waals surface area contributed by atoms with Gasteiger partial charge in [0.15, 0.2) is 9.84 Å². The van der Waals surface area contributed by atoms with Gasteiger partial charge in [-0.1, -0.05) is 18.2 Å². The van der Waals surface area contributed by atoms with Crippen LogP contribution in [-0.2, 0) is 25.6 Å². The monoisotopic (exact) mass is 441 g/mol. The van der Waals surface area contributed by atoms with E-state index in [-0.39, 0.29) is 17.1 Å². The molecule has 2 aromatic rings. The van der Waals surface area contributed by atoms with Crippen LogP contribution in [-0.4, -0.2) is 50.0 Å². The summed E-state index contributed by atoms with van der Waals surface area (Å²) in [5.41, 5.74) is -0.749. The third kappa shape index (κ3) is 4.30. The Labute approximate surface area is 170 Å². The van der Waals surface area contributed by atoms with Crippen LogP contribution >= 0.6 is 0 Å². The van der Waals surface area contributed by atoms with Gasteiger partial charge in [0.05, 0.1) is 10.6 Å². The van der Waals surface area contributed by atoms with Crippen molar-refractivity contribution >= 4 is 27.3 Å². The van der Waals surface area contributed by atoms with Crippen molar-refractivity contribution in [3.63, 3.8) is 0 Å². The van der Waals surface area contributed by atoms with E-state index in [1.54, 1.807) is 0 Å². The summed E-state index contributed by atoms with van der Waals surface area (Å²) in [6.45, 7) is 0.109. The number of carbonyl (C=O) groups is 2. The highest BCUT2D eigenvalue weighted by Crippen LogP contribution is 2.35. The zero-order valence-corrected chi connectivity index (χ0v) is 16.8. The number of benzene rings is 1. The number of anilines is 1. The number of amides is 2. The number of sulfone groups is 1. The van der Waals surface area contributed by atoms with E-state index in [0.717, 1.165) is 18.5 Å². The minimum absolute atomic E-state index is 0.0247. The lowest BCUT2D eigenvalue weighted by Gasteiger charge is -2.18. The molecule has 160 valence electrons. The lowest BCUT2D eigenvalue weighted by atomic mass is 9.88. The fourth-order valence-corrected chi connectivity index (χ4v) is 4.23. The first-order valence-corrected chi connectivity index (χ1v) is 10.7. The van der Waals surface area contributed by atoms with E-state index >= 15 is 0 Å². The van der Waals surface area contributed by atoms with Crippen LogP contribution < -0.4 is 5.32 Å². The molecule has 1 aromatic carbocycles. The maximum absolute atomic E-state index is 12.9. The summed E-state index contributed by atoms with van der Waals surface area (Å²) in [4.78, 5) is 30.1. The molecule has 1 aliphatic heterocycles. The number of aromatic nitrogens is 1. The van der Waals surface area contributed by atoms with Crippen molar-refractivity contribution in [1.82, 2.24) is 9.88 Å². The van der Waals surface area contributed by atoms with Gasteiger partial charge in [0.25, 0.3) is 0 Å². The minimum Gasteiger partial charge on any atom is -0.344 e. The molecule has 2 atom stereocenters. The van der Waals surface area contributed by atoms with Crippen LogP contribution in [0.3, 0.4) is 0 Å². The van der Waals surface area contributed by atoms with Crippen LogP contribution in [0.2, 0.25) is 0 Å². The summed E-state index contributed by atoms with van der Waals surface area (Å²) in [5, 5.41) is 2.48. The van der Waals surface area contributed by atoms with Crippen molar-refractivity contribution in [3.05, 3.63) is 53.9 Å². The van der Waals surface area contributed by atoms with E-state index in [0.29, 0.717) is 5.56 Å². The zero-order valence-electron chi connectivity index (χ0n) is 16.0. The third-order valence-corrected chi connectivity index (χ3v) is 6.00. The maximum Gasteiger partial charge on any atom is 0.433 e. The van der Waals surface area contributed by atoms with Crippen molar-refractivity contribution in [1.29, 1.82) is 0 Å². The van der Waals surface area contributed by atoms with Crippen LogP contribution in [0.5, 0.6) is 0 Å². The number of likely N-dealkylation sites (tertiary alicyclic amines) is 1. The molecule has 7 nitrogen and oxygen atoms in total. The number of hydrogen-bond donors (Lipinski definition) is 1. The predicted molar refractivity (Wildman–Crippen MR) is 101 cm³/mol. The molecule has 0 spiro atoms. The number of alkyl halides is 3. The van der Waals surface area contributed by atoms with Gasteiger partial charge in [-0.2, -0.15) is 13.2 Å². The average Bonchev–Trinajstić information content (AvgIpc) is 2.95. The van der Waals surface area contributed by atoms with Crippen molar-refractivity contribution < 1.29 is 31.2 Å². The Bertz CT molecular complexity index is 1080. The molecule has 2 amide bonds.